The Balaban J connectivity index is -0.000000297. The number of aliphatic hydroxyl groups is 1. The van der Waals surface area contributed by atoms with Crippen LogP contribution in [0.25, 0.3) is 16.5 Å². The zero-order chi connectivity index (χ0) is 20.8. The van der Waals surface area contributed by atoms with Gasteiger partial charge in [-0.15, -0.1) is 35.2 Å². The van der Waals surface area contributed by atoms with Gasteiger partial charge in [0.25, 0.3) is 0 Å². The van der Waals surface area contributed by atoms with Crippen molar-refractivity contribution in [3.05, 3.63) is 55.6 Å². The minimum Gasteiger partial charge on any atom is -0.358 e. The van der Waals surface area contributed by atoms with Gasteiger partial charge in [-0.3, -0.25) is 0 Å². The number of fused-ring (bicyclic) bond motifs is 1. The van der Waals surface area contributed by atoms with Crippen molar-refractivity contribution in [1.29, 1.82) is 0 Å². The fraction of sp³-hybridized carbons (Fsp3) is 0.450. The van der Waals surface area contributed by atoms with E-state index in [1.807, 2.05) is 20.8 Å². The summed E-state index contributed by atoms with van der Waals surface area (Å²) in [5, 5.41) is 11.0. The minimum atomic E-state index is -1.85. The molecule has 0 unspecified atom stereocenters. The van der Waals surface area contributed by atoms with Crippen molar-refractivity contribution in [2.45, 2.75) is 46.0 Å². The third-order valence-corrected chi connectivity index (χ3v) is 3.24. The minimum absolute atomic E-state index is 0. The van der Waals surface area contributed by atoms with Crippen LogP contribution in [-0.4, -0.2) is 36.4 Å². The van der Waals surface area contributed by atoms with E-state index in [4.69, 9.17) is 32.3 Å². The molecule has 2 rings (SSSR count). The molecule has 0 atom stereocenters. The maximum atomic E-state index is 8.33. The van der Waals surface area contributed by atoms with Crippen molar-refractivity contribution in [2.24, 2.45) is 0 Å². The van der Waals surface area contributed by atoms with E-state index in [9.17, 15) is 0 Å². The van der Waals surface area contributed by atoms with Crippen molar-refractivity contribution < 1.29 is 28.4 Å². The van der Waals surface area contributed by atoms with Crippen LogP contribution < -0.4 is 0 Å². The van der Waals surface area contributed by atoms with Crippen molar-refractivity contribution in [3.8, 4) is 0 Å². The van der Waals surface area contributed by atoms with Crippen molar-refractivity contribution >= 4 is 40.3 Å². The van der Waals surface area contributed by atoms with E-state index >= 15 is 0 Å². The molecule has 2 aromatic rings. The third kappa shape index (κ3) is 31.2. The summed E-state index contributed by atoms with van der Waals surface area (Å²) >= 11 is -1.85. The topological polar surface area (TPSA) is 53.3 Å². The Labute approximate surface area is 182 Å². The first-order valence-electron chi connectivity index (χ1n) is 8.36. The van der Waals surface area contributed by atoms with Gasteiger partial charge in [0.1, 0.15) is 0 Å². The molecule has 0 fully saturated rings. The molecule has 0 aliphatic heterocycles. The largest absolute Gasteiger partial charge is 0.358 e. The normalized spacial score (nSPS) is 10.1. The predicted molar refractivity (Wildman–Crippen MR) is 125 cm³/mol. The Hall–Kier alpha value is 0.260. The molecule has 158 valence electrons. The average Bonchev–Trinajstić information content (AvgIpc) is 2.91. The first-order chi connectivity index (χ1) is 11.8. The Morgan fingerprint density at radius 3 is 1.96 bits per heavy atom. The van der Waals surface area contributed by atoms with Crippen molar-refractivity contribution in [2.75, 3.05) is 13.2 Å². The second kappa shape index (κ2) is 17.1. The second-order valence-corrected chi connectivity index (χ2v) is 20.1. The molecular weight excluding hydrogens is 476 g/mol. The number of hydrogen-bond donors (Lipinski definition) is 1. The quantitative estimate of drug-likeness (QED) is 0.355. The first-order valence-corrected chi connectivity index (χ1v) is 19.8. The van der Waals surface area contributed by atoms with Crippen LogP contribution in [0, 0.1) is 7.43 Å². The number of halogens is 2. The van der Waals surface area contributed by atoms with E-state index in [0.717, 1.165) is 0 Å². The molecule has 0 saturated heterocycles. The van der Waals surface area contributed by atoms with Gasteiger partial charge in [0.2, 0.25) is 0 Å². The maximum absolute atomic E-state index is 8.33. The van der Waals surface area contributed by atoms with Gasteiger partial charge >= 0.3 is 40.1 Å². The molecule has 0 aliphatic rings. The van der Waals surface area contributed by atoms with E-state index in [2.05, 4.69) is 66.3 Å². The molecule has 0 amide bonds. The van der Waals surface area contributed by atoms with Gasteiger partial charge in [-0.25, -0.2) is 0 Å². The molecule has 2 aromatic carbocycles. The summed E-state index contributed by atoms with van der Waals surface area (Å²) in [4.78, 5) is 0. The summed E-state index contributed by atoms with van der Waals surface area (Å²) < 4.78 is 8.63. The molecule has 0 saturated carbocycles. The molecule has 0 heterocycles. The van der Waals surface area contributed by atoms with Crippen LogP contribution >= 0.6 is 17.0 Å². The molecule has 2 N–H and O–H groups in total. The van der Waals surface area contributed by atoms with Gasteiger partial charge in [0, 0.05) is 0 Å². The van der Waals surface area contributed by atoms with Gasteiger partial charge in [0.05, 0.1) is 13.2 Å². The Morgan fingerprint density at radius 1 is 1.19 bits per heavy atom. The fourth-order valence-corrected chi connectivity index (χ4v) is 2.13. The summed E-state index contributed by atoms with van der Waals surface area (Å²) in [6.07, 6.45) is 0. The zero-order valence-electron chi connectivity index (χ0n) is 17.8. The Bertz CT molecular complexity index is 568. The van der Waals surface area contributed by atoms with Crippen LogP contribution in [0.2, 0.25) is 19.6 Å². The molecular formula is C20H36Cl2NO2SiZr-3. The van der Waals surface area contributed by atoms with Crippen LogP contribution in [0.4, 0.5) is 0 Å². The number of nitrogens with one attached hydrogen (secondary N) is 1. The monoisotopic (exact) mass is 510 g/mol. The van der Waals surface area contributed by atoms with Crippen LogP contribution in [0.15, 0.2) is 42.5 Å². The first kappa shape index (κ1) is 31.9. The summed E-state index contributed by atoms with van der Waals surface area (Å²) in [5.41, 5.74) is 6.69. The summed E-state index contributed by atoms with van der Waals surface area (Å²) in [6.45, 7) is 12.5. The molecule has 0 aliphatic carbocycles. The SMILES string of the molecule is CC(C)(C)[NH-].C[Si](C)(C)OCCO.[CH2]=[Zr]([Cl])[Cl].[CH3-].c1ccc2[cH-]ccc2c1. The Kier molecular flexibility index (Phi) is 20.3. The van der Waals surface area contributed by atoms with E-state index in [-0.39, 0.29) is 19.6 Å². The van der Waals surface area contributed by atoms with E-state index < -0.39 is 27.2 Å². The van der Waals surface area contributed by atoms with Crippen molar-refractivity contribution in [1.82, 2.24) is 0 Å². The molecule has 0 aromatic heterocycles. The van der Waals surface area contributed by atoms with E-state index in [0.29, 0.717) is 6.61 Å². The molecule has 0 bridgehead atoms. The maximum Gasteiger partial charge on any atom is -0.0809 e. The number of aliphatic hydroxyl groups excluding tert-OH is 1. The second-order valence-electron chi connectivity index (χ2n) is 7.43. The predicted octanol–water partition coefficient (Wildman–Crippen LogP) is 7.02. The van der Waals surface area contributed by atoms with Gasteiger partial charge in [-0.1, -0.05) is 26.8 Å². The van der Waals surface area contributed by atoms with E-state index in [1.165, 1.54) is 10.8 Å². The van der Waals surface area contributed by atoms with Crippen LogP contribution in [-0.2, 0) is 23.3 Å². The average molecular weight is 513 g/mol. The molecule has 0 spiro atoms. The number of rotatable bonds is 3. The summed E-state index contributed by atoms with van der Waals surface area (Å²) in [5.74, 6) is 0. The fourth-order valence-electron chi connectivity index (χ4n) is 1.42. The summed E-state index contributed by atoms with van der Waals surface area (Å²) in [7, 11) is 8.91. The van der Waals surface area contributed by atoms with Crippen molar-refractivity contribution in [3.63, 3.8) is 0 Å². The molecule has 7 heteroatoms. The number of hydrogen-bond acceptors (Lipinski definition) is 2. The molecule has 3 nitrogen and oxygen atoms in total. The standard InChI is InChI=1S/C9H7.C5H14O2Si.C4H10N.CH3.CH2.2ClH.Zr/c1-2-5-9-7-3-6-8(9)4-1;1-8(2,3)7-5-4-6;1-4(2,3)5;;;;;/h1-7H;6H,4-5H2,1-3H3;5H,1-3H3;1H3;1H2;2*1H;/q-1;;2*-1;;;;+2/p-2. The molecule has 0 radical (unpaired) electrons. The summed E-state index contributed by atoms with van der Waals surface area (Å²) in [6, 6.07) is 14.7. The van der Waals surface area contributed by atoms with Gasteiger partial charge in [0.15, 0.2) is 8.32 Å². The number of benzene rings is 1. The van der Waals surface area contributed by atoms with Gasteiger partial charge < -0.3 is 22.7 Å². The van der Waals surface area contributed by atoms with Gasteiger partial charge in [-0.05, 0) is 19.6 Å². The van der Waals surface area contributed by atoms with Crippen LogP contribution in [0.5, 0.6) is 0 Å². The zero-order valence-corrected chi connectivity index (χ0v) is 22.7. The van der Waals surface area contributed by atoms with E-state index in [1.54, 1.807) is 0 Å². The van der Waals surface area contributed by atoms with Crippen LogP contribution in [0.3, 0.4) is 0 Å². The third-order valence-electron chi connectivity index (χ3n) is 2.17. The Morgan fingerprint density at radius 2 is 1.63 bits per heavy atom. The molecule has 27 heavy (non-hydrogen) atoms. The van der Waals surface area contributed by atoms with Gasteiger partial charge in [-0.2, -0.15) is 17.5 Å². The van der Waals surface area contributed by atoms with Crippen LogP contribution in [0.1, 0.15) is 20.8 Å². The smallest absolute Gasteiger partial charge is 0.0809 e.